The average molecular weight is 265 g/mol. The molecule has 5 heteroatoms. The highest BCUT2D eigenvalue weighted by Gasteiger charge is 2.38. The largest absolute Gasteiger partial charge is 0.444 e. The molecule has 106 valence electrons. The van der Waals surface area contributed by atoms with Crippen molar-refractivity contribution < 1.29 is 9.21 Å². The van der Waals surface area contributed by atoms with E-state index < -0.39 is 0 Å². The van der Waals surface area contributed by atoms with Crippen molar-refractivity contribution in [1.82, 2.24) is 15.6 Å². The van der Waals surface area contributed by atoms with Gasteiger partial charge in [0.2, 0.25) is 11.8 Å². The third-order valence-electron chi connectivity index (χ3n) is 4.08. The zero-order valence-corrected chi connectivity index (χ0v) is 12.0. The highest BCUT2D eigenvalue weighted by molar-refractivity contribution is 5.83. The summed E-state index contributed by atoms with van der Waals surface area (Å²) in [6.07, 6.45) is 4.34. The van der Waals surface area contributed by atoms with Crippen molar-refractivity contribution in [2.75, 3.05) is 13.1 Å². The number of rotatable bonds is 4. The minimum absolute atomic E-state index is 0.125. The monoisotopic (exact) mass is 265 g/mol. The van der Waals surface area contributed by atoms with E-state index in [1.165, 1.54) is 0 Å². The molecule has 19 heavy (non-hydrogen) atoms. The molecule has 1 amide bonds. The predicted octanol–water partition coefficient (Wildman–Crippen LogP) is 1.94. The van der Waals surface area contributed by atoms with Crippen molar-refractivity contribution in [3.05, 3.63) is 17.8 Å². The second-order valence-corrected chi connectivity index (χ2v) is 5.39. The molecular formula is C14H23N3O2. The zero-order chi connectivity index (χ0) is 13.9. The molecule has 1 aliphatic rings. The van der Waals surface area contributed by atoms with Crippen LogP contribution in [-0.2, 0) is 4.79 Å². The molecule has 2 heterocycles. The molecule has 0 aliphatic carbocycles. The minimum Gasteiger partial charge on any atom is -0.444 e. The van der Waals surface area contributed by atoms with Gasteiger partial charge >= 0.3 is 0 Å². The van der Waals surface area contributed by atoms with E-state index in [0.29, 0.717) is 5.89 Å². The molecule has 0 bridgehead atoms. The lowest BCUT2D eigenvalue weighted by Gasteiger charge is -2.36. The van der Waals surface area contributed by atoms with E-state index in [2.05, 4.69) is 22.5 Å². The third kappa shape index (κ3) is 2.97. The van der Waals surface area contributed by atoms with E-state index >= 15 is 0 Å². The Labute approximate surface area is 114 Å². The SMILES string of the molecule is CCC1(C(=O)NC(C)c2ncc(C)o2)CCNCC1. The highest BCUT2D eigenvalue weighted by atomic mass is 16.4. The lowest BCUT2D eigenvalue weighted by Crippen LogP contribution is -2.47. The quantitative estimate of drug-likeness (QED) is 0.873. The van der Waals surface area contributed by atoms with Gasteiger partial charge in [0.05, 0.1) is 11.6 Å². The first kappa shape index (κ1) is 14.1. The number of hydrogen-bond acceptors (Lipinski definition) is 4. The smallest absolute Gasteiger partial charge is 0.226 e. The summed E-state index contributed by atoms with van der Waals surface area (Å²) in [7, 11) is 0. The Morgan fingerprint density at radius 3 is 2.79 bits per heavy atom. The van der Waals surface area contributed by atoms with Crippen LogP contribution in [0.1, 0.15) is 50.8 Å². The average Bonchev–Trinajstić information content (AvgIpc) is 2.86. The Hall–Kier alpha value is -1.36. The highest BCUT2D eigenvalue weighted by Crippen LogP contribution is 2.33. The Bertz CT molecular complexity index is 436. The molecule has 0 saturated carbocycles. The molecule has 1 unspecified atom stereocenters. The zero-order valence-electron chi connectivity index (χ0n) is 12.0. The minimum atomic E-state index is -0.235. The van der Waals surface area contributed by atoms with Crippen molar-refractivity contribution in [3.63, 3.8) is 0 Å². The van der Waals surface area contributed by atoms with E-state index in [1.54, 1.807) is 6.20 Å². The fraction of sp³-hybridized carbons (Fsp3) is 0.714. The summed E-state index contributed by atoms with van der Waals surface area (Å²) in [6, 6.07) is -0.181. The van der Waals surface area contributed by atoms with Crippen molar-refractivity contribution in [1.29, 1.82) is 0 Å². The number of carbonyl (C=O) groups is 1. The summed E-state index contributed by atoms with van der Waals surface area (Å²) in [6.45, 7) is 7.67. The van der Waals surface area contributed by atoms with E-state index in [1.807, 2.05) is 13.8 Å². The first-order valence-corrected chi connectivity index (χ1v) is 7.01. The predicted molar refractivity (Wildman–Crippen MR) is 72.6 cm³/mol. The number of nitrogens with one attached hydrogen (secondary N) is 2. The number of piperidine rings is 1. The van der Waals surface area contributed by atoms with Crippen molar-refractivity contribution in [3.8, 4) is 0 Å². The van der Waals surface area contributed by atoms with Crippen LogP contribution in [0.2, 0.25) is 0 Å². The van der Waals surface area contributed by atoms with Crippen LogP contribution in [0.3, 0.4) is 0 Å². The van der Waals surface area contributed by atoms with Crippen LogP contribution in [0.25, 0.3) is 0 Å². The molecule has 1 saturated heterocycles. The Morgan fingerprint density at radius 1 is 1.58 bits per heavy atom. The van der Waals surface area contributed by atoms with Gasteiger partial charge in [-0.3, -0.25) is 4.79 Å². The van der Waals surface area contributed by atoms with Crippen LogP contribution >= 0.6 is 0 Å². The first-order chi connectivity index (χ1) is 9.07. The number of aromatic nitrogens is 1. The van der Waals surface area contributed by atoms with Crippen LogP contribution in [-0.4, -0.2) is 24.0 Å². The van der Waals surface area contributed by atoms with Crippen LogP contribution in [0.5, 0.6) is 0 Å². The Morgan fingerprint density at radius 2 is 2.26 bits per heavy atom. The molecule has 2 rings (SSSR count). The number of amides is 1. The van der Waals surface area contributed by atoms with Gasteiger partial charge in [0.15, 0.2) is 0 Å². The van der Waals surface area contributed by atoms with Gasteiger partial charge in [-0.1, -0.05) is 6.92 Å². The van der Waals surface area contributed by atoms with Gasteiger partial charge in [-0.25, -0.2) is 4.98 Å². The lowest BCUT2D eigenvalue weighted by molar-refractivity contribution is -0.133. The van der Waals surface area contributed by atoms with Crippen molar-refractivity contribution >= 4 is 5.91 Å². The summed E-state index contributed by atoms with van der Waals surface area (Å²) >= 11 is 0. The number of hydrogen-bond donors (Lipinski definition) is 2. The number of nitrogens with zero attached hydrogens (tertiary/aromatic N) is 1. The third-order valence-corrected chi connectivity index (χ3v) is 4.08. The topological polar surface area (TPSA) is 67.2 Å². The van der Waals surface area contributed by atoms with E-state index in [9.17, 15) is 4.79 Å². The second-order valence-electron chi connectivity index (χ2n) is 5.39. The molecule has 0 radical (unpaired) electrons. The van der Waals surface area contributed by atoms with Gasteiger partial charge in [0.1, 0.15) is 11.8 Å². The normalized spacial score (nSPS) is 19.9. The van der Waals surface area contributed by atoms with Crippen molar-refractivity contribution in [2.45, 2.75) is 46.1 Å². The van der Waals surface area contributed by atoms with E-state index in [4.69, 9.17) is 4.42 Å². The van der Waals surface area contributed by atoms with Crippen LogP contribution in [0, 0.1) is 12.3 Å². The number of oxazole rings is 1. The van der Waals surface area contributed by atoms with Gasteiger partial charge < -0.3 is 15.1 Å². The van der Waals surface area contributed by atoms with Gasteiger partial charge in [0.25, 0.3) is 0 Å². The molecule has 0 aromatic carbocycles. The van der Waals surface area contributed by atoms with Crippen molar-refractivity contribution in [2.24, 2.45) is 5.41 Å². The summed E-state index contributed by atoms with van der Waals surface area (Å²) in [5.41, 5.74) is -0.235. The maximum atomic E-state index is 12.5. The first-order valence-electron chi connectivity index (χ1n) is 7.01. The fourth-order valence-electron chi connectivity index (χ4n) is 2.63. The molecular weight excluding hydrogens is 242 g/mol. The molecule has 1 atom stereocenters. The Kier molecular flexibility index (Phi) is 4.24. The van der Waals surface area contributed by atoms with Crippen LogP contribution < -0.4 is 10.6 Å². The summed E-state index contributed by atoms with van der Waals surface area (Å²) in [5.74, 6) is 1.47. The molecule has 2 N–H and O–H groups in total. The molecule has 1 fully saturated rings. The van der Waals surface area contributed by atoms with Gasteiger partial charge in [-0.2, -0.15) is 0 Å². The number of aryl methyl sites for hydroxylation is 1. The molecule has 5 nitrogen and oxygen atoms in total. The maximum Gasteiger partial charge on any atom is 0.226 e. The maximum absolute atomic E-state index is 12.5. The molecule has 1 aromatic rings. The van der Waals surface area contributed by atoms with E-state index in [-0.39, 0.29) is 17.4 Å². The van der Waals surface area contributed by atoms with Gasteiger partial charge in [-0.05, 0) is 46.2 Å². The molecule has 0 spiro atoms. The van der Waals surface area contributed by atoms with Gasteiger partial charge in [0, 0.05) is 0 Å². The number of carbonyl (C=O) groups excluding carboxylic acids is 1. The summed E-state index contributed by atoms with van der Waals surface area (Å²) < 4.78 is 5.46. The fourth-order valence-corrected chi connectivity index (χ4v) is 2.63. The second kappa shape index (κ2) is 5.74. The standard InChI is InChI=1S/C14H23N3O2/c1-4-14(5-7-15-8-6-14)13(18)17-11(3)12-16-9-10(2)19-12/h9,11,15H,4-8H2,1-3H3,(H,17,18). The Balaban J connectivity index is 2.03. The lowest BCUT2D eigenvalue weighted by atomic mass is 9.75. The van der Waals surface area contributed by atoms with Gasteiger partial charge in [-0.15, -0.1) is 0 Å². The van der Waals surface area contributed by atoms with Crippen LogP contribution in [0.15, 0.2) is 10.6 Å². The molecule has 1 aliphatic heterocycles. The molecule has 1 aromatic heterocycles. The summed E-state index contributed by atoms with van der Waals surface area (Å²) in [4.78, 5) is 16.7. The van der Waals surface area contributed by atoms with Crippen LogP contribution in [0.4, 0.5) is 0 Å². The van der Waals surface area contributed by atoms with E-state index in [0.717, 1.165) is 38.1 Å². The summed E-state index contributed by atoms with van der Waals surface area (Å²) in [5, 5.41) is 6.35.